The molecule has 1 aliphatic heterocycles. The van der Waals surface area contributed by atoms with Crippen LogP contribution in [0.25, 0.3) is 11.3 Å². The summed E-state index contributed by atoms with van der Waals surface area (Å²) < 4.78 is 49.9. The first-order valence-electron chi connectivity index (χ1n) is 12.5. The fourth-order valence-corrected chi connectivity index (χ4v) is 5.58. The van der Waals surface area contributed by atoms with Crippen LogP contribution in [0, 0.1) is 23.4 Å². The van der Waals surface area contributed by atoms with Crippen LogP contribution in [-0.2, 0) is 16.8 Å². The molecule has 10 heteroatoms. The summed E-state index contributed by atoms with van der Waals surface area (Å²) in [4.78, 5) is 21.5. The first kappa shape index (κ1) is 26.3. The molecule has 0 amide bonds. The van der Waals surface area contributed by atoms with Crippen LogP contribution >= 0.6 is 0 Å². The molecule has 7 nitrogen and oxygen atoms in total. The molecule has 0 radical (unpaired) electrons. The van der Waals surface area contributed by atoms with Gasteiger partial charge >= 0.3 is 0 Å². The monoisotopic (exact) mass is 526 g/mol. The lowest BCUT2D eigenvalue weighted by Gasteiger charge is -2.36. The zero-order chi connectivity index (χ0) is 27.2. The summed E-state index contributed by atoms with van der Waals surface area (Å²) in [6.45, 7) is 1.93. The van der Waals surface area contributed by atoms with Crippen molar-refractivity contribution >= 4 is 11.5 Å². The van der Waals surface area contributed by atoms with Crippen LogP contribution in [0.5, 0.6) is 0 Å². The van der Waals surface area contributed by atoms with Crippen molar-refractivity contribution < 1.29 is 27.8 Å². The molecule has 1 aliphatic carbocycles. The third kappa shape index (κ3) is 4.91. The fourth-order valence-electron chi connectivity index (χ4n) is 5.58. The van der Waals surface area contributed by atoms with Gasteiger partial charge in [-0.05, 0) is 66.0 Å². The molecule has 5 N–H and O–H groups in total. The number of nitrogen functional groups attached to an aromatic ring is 1. The van der Waals surface area contributed by atoms with E-state index in [1.807, 2.05) is 6.07 Å². The predicted octanol–water partition coefficient (Wildman–Crippen LogP) is 4.02. The van der Waals surface area contributed by atoms with Crippen LogP contribution in [0.2, 0.25) is 0 Å². The number of aliphatic hydroxyl groups is 1. The number of nitrogens with zero attached hydrogens (tertiary/aromatic N) is 2. The largest absolute Gasteiger partial charge is 0.397 e. The predicted molar refractivity (Wildman–Crippen MR) is 135 cm³/mol. The van der Waals surface area contributed by atoms with Crippen molar-refractivity contribution in [1.29, 1.82) is 0 Å². The number of aromatic nitrogens is 2. The second-order valence-electron chi connectivity index (χ2n) is 10.5. The van der Waals surface area contributed by atoms with Crippen LogP contribution in [0.4, 0.5) is 18.9 Å². The van der Waals surface area contributed by atoms with Gasteiger partial charge in [0.15, 0.2) is 11.6 Å². The van der Waals surface area contributed by atoms with Gasteiger partial charge in [-0.25, -0.2) is 18.2 Å². The minimum absolute atomic E-state index is 0.0319. The highest BCUT2D eigenvalue weighted by molar-refractivity contribution is 6.00. The van der Waals surface area contributed by atoms with E-state index < -0.39 is 40.1 Å². The van der Waals surface area contributed by atoms with Crippen LogP contribution in [0.1, 0.15) is 59.3 Å². The van der Waals surface area contributed by atoms with Gasteiger partial charge in [0.05, 0.1) is 24.5 Å². The number of rotatable bonds is 6. The average Bonchev–Trinajstić information content (AvgIpc) is 2.83. The summed E-state index contributed by atoms with van der Waals surface area (Å²) in [5.41, 5.74) is 10.3. The number of pyridine rings is 2. The molecule has 38 heavy (non-hydrogen) atoms. The summed E-state index contributed by atoms with van der Waals surface area (Å²) in [6.07, 6.45) is 5.80. The second kappa shape index (κ2) is 10.1. The Morgan fingerprint density at radius 1 is 1.13 bits per heavy atom. The van der Waals surface area contributed by atoms with E-state index in [1.54, 1.807) is 12.4 Å². The maximum absolute atomic E-state index is 15.0. The van der Waals surface area contributed by atoms with Crippen molar-refractivity contribution in [3.63, 3.8) is 0 Å². The van der Waals surface area contributed by atoms with Crippen molar-refractivity contribution in [3.8, 4) is 11.3 Å². The lowest BCUT2D eigenvalue weighted by atomic mass is 9.75. The summed E-state index contributed by atoms with van der Waals surface area (Å²) in [5.74, 6) is -3.29. The Morgan fingerprint density at radius 2 is 1.84 bits per heavy atom. The number of ether oxygens (including phenoxy) is 1. The molecule has 1 saturated carbocycles. The van der Waals surface area contributed by atoms with Crippen molar-refractivity contribution in [3.05, 3.63) is 76.5 Å². The maximum Gasteiger partial charge on any atom is 0.187 e. The minimum atomic E-state index is -1.52. The number of carbonyl (C=O) groups excluding carboxylic acids is 1. The minimum Gasteiger partial charge on any atom is -0.397 e. The number of benzene rings is 1. The Morgan fingerprint density at radius 3 is 2.47 bits per heavy atom. The first-order valence-corrected chi connectivity index (χ1v) is 12.5. The highest BCUT2D eigenvalue weighted by Gasteiger charge is 2.39. The van der Waals surface area contributed by atoms with E-state index >= 15 is 8.78 Å². The van der Waals surface area contributed by atoms with E-state index in [0.29, 0.717) is 11.5 Å². The fraction of sp³-hybridized carbons (Fsp3) is 0.393. The van der Waals surface area contributed by atoms with Crippen molar-refractivity contribution in [2.45, 2.75) is 50.2 Å². The third-order valence-corrected chi connectivity index (χ3v) is 7.48. The Balaban J connectivity index is 1.47. The molecule has 3 aromatic rings. The second-order valence-corrected chi connectivity index (χ2v) is 10.5. The number of ketones is 1. The van der Waals surface area contributed by atoms with E-state index in [-0.39, 0.29) is 48.5 Å². The number of Topliss-reactive ketones (excluding diaryl/α,β-unsaturated/α-hetero) is 1. The molecule has 1 saturated heterocycles. The van der Waals surface area contributed by atoms with Crippen LogP contribution in [-0.4, -0.2) is 40.1 Å². The molecule has 200 valence electrons. The zero-order valence-corrected chi connectivity index (χ0v) is 20.9. The molecule has 3 heterocycles. The number of carbonyl (C=O) groups is 1. The SMILES string of the molecule is C[C@@H]1C[C@H](N)C[C@H](c2ccncc2CC(=O)c2nc(-c3c(F)cc(C4(O)COC4)cc3F)c(F)cc2N)C1. The number of anilines is 1. The van der Waals surface area contributed by atoms with Gasteiger partial charge < -0.3 is 21.3 Å². The number of hydrogen-bond acceptors (Lipinski definition) is 7. The molecule has 5 rings (SSSR count). The lowest BCUT2D eigenvalue weighted by Crippen LogP contribution is -2.46. The number of nitrogens with two attached hydrogens (primary N) is 2. The zero-order valence-electron chi connectivity index (χ0n) is 20.9. The summed E-state index contributed by atoms with van der Waals surface area (Å²) >= 11 is 0. The summed E-state index contributed by atoms with van der Waals surface area (Å²) in [7, 11) is 0. The average molecular weight is 527 g/mol. The molecule has 3 atom stereocenters. The molecule has 2 aliphatic rings. The highest BCUT2D eigenvalue weighted by Crippen LogP contribution is 2.38. The van der Waals surface area contributed by atoms with Gasteiger partial charge in [-0.15, -0.1) is 0 Å². The van der Waals surface area contributed by atoms with Crippen molar-refractivity contribution in [1.82, 2.24) is 9.97 Å². The van der Waals surface area contributed by atoms with E-state index in [9.17, 15) is 14.3 Å². The quantitative estimate of drug-likeness (QED) is 0.415. The smallest absolute Gasteiger partial charge is 0.187 e. The normalized spacial score (nSPS) is 22.6. The topological polar surface area (TPSA) is 124 Å². The molecule has 0 unspecified atom stereocenters. The third-order valence-electron chi connectivity index (χ3n) is 7.48. The van der Waals surface area contributed by atoms with Gasteiger partial charge in [0, 0.05) is 30.9 Å². The molecule has 2 fully saturated rings. The summed E-state index contributed by atoms with van der Waals surface area (Å²) in [6, 6.07) is 4.60. The Labute approximate surface area is 218 Å². The van der Waals surface area contributed by atoms with Crippen molar-refractivity contribution in [2.24, 2.45) is 11.7 Å². The standard InChI is InChI=1S/C28H29F3N4O3/c1-14-4-15(6-18(32)5-14)19-2-3-34-11-16(19)7-24(36)27-23(33)10-22(31)26(35-27)25-20(29)8-17(9-21(25)30)28(37)12-38-13-28/h2-3,8-11,14-15,18,37H,4-7,12-13,32-33H2,1H3/t14-,15+,18-/m0/s1. The molecule has 0 spiro atoms. The number of hydrogen-bond donors (Lipinski definition) is 3. The van der Waals surface area contributed by atoms with Crippen LogP contribution in [0.15, 0.2) is 36.7 Å². The van der Waals surface area contributed by atoms with Gasteiger partial charge in [0.2, 0.25) is 0 Å². The molecular weight excluding hydrogens is 497 g/mol. The Bertz CT molecular complexity index is 1360. The van der Waals surface area contributed by atoms with Gasteiger partial charge in [-0.1, -0.05) is 6.92 Å². The first-order chi connectivity index (χ1) is 18.1. The van der Waals surface area contributed by atoms with Crippen molar-refractivity contribution in [2.75, 3.05) is 18.9 Å². The molecular formula is C28H29F3N4O3. The highest BCUT2D eigenvalue weighted by atomic mass is 19.1. The van der Waals surface area contributed by atoms with Gasteiger partial charge in [0.1, 0.15) is 28.6 Å². The molecule has 1 aromatic carbocycles. The van der Waals surface area contributed by atoms with Crippen LogP contribution in [0.3, 0.4) is 0 Å². The number of halogens is 3. The van der Waals surface area contributed by atoms with E-state index in [0.717, 1.165) is 43.0 Å². The van der Waals surface area contributed by atoms with Gasteiger partial charge in [-0.2, -0.15) is 0 Å². The maximum atomic E-state index is 15.0. The molecule has 2 aromatic heterocycles. The van der Waals surface area contributed by atoms with E-state index in [1.165, 1.54) is 0 Å². The molecule has 0 bridgehead atoms. The van der Waals surface area contributed by atoms with Crippen LogP contribution < -0.4 is 11.5 Å². The van der Waals surface area contributed by atoms with E-state index in [4.69, 9.17) is 16.2 Å². The van der Waals surface area contributed by atoms with Gasteiger partial charge in [0.25, 0.3) is 0 Å². The van der Waals surface area contributed by atoms with E-state index in [2.05, 4.69) is 16.9 Å². The lowest BCUT2D eigenvalue weighted by molar-refractivity contribution is -0.184. The summed E-state index contributed by atoms with van der Waals surface area (Å²) in [5, 5.41) is 10.4. The van der Waals surface area contributed by atoms with Gasteiger partial charge in [-0.3, -0.25) is 9.78 Å². The Kier molecular flexibility index (Phi) is 6.97. The Hall–Kier alpha value is -3.34.